The second kappa shape index (κ2) is 10.5. The van der Waals surface area contributed by atoms with Crippen LogP contribution in [0.2, 0.25) is 5.02 Å². The van der Waals surface area contributed by atoms with E-state index < -0.39 is 5.91 Å². The van der Waals surface area contributed by atoms with Gasteiger partial charge in [-0.2, -0.15) is 0 Å². The average Bonchev–Trinajstić information content (AvgIpc) is 3.23. The summed E-state index contributed by atoms with van der Waals surface area (Å²) < 4.78 is 14.2. The first-order chi connectivity index (χ1) is 16.7. The van der Waals surface area contributed by atoms with Gasteiger partial charge in [-0.25, -0.2) is 0 Å². The van der Waals surface area contributed by atoms with E-state index in [1.807, 2.05) is 29.0 Å². The second-order valence-electron chi connectivity index (χ2n) is 9.82. The molecule has 2 heterocycles. The van der Waals surface area contributed by atoms with Gasteiger partial charge in [0.15, 0.2) is 11.5 Å². The standard InChI is InChI=1S/C27H34ClN3O4/c1-18(31-10-12-34-23-6-5-21(28)16-24(23)35-17-27(31,2)3)13-19-14-20-7-9-30(8-4-11-32)25(20)22(15-19)26(29)33/h5-7,9,14-16,18,32H,4,8,10-13,17H2,1-3H3,(H2,29,33)/t18-/m1/s1. The molecule has 7 nitrogen and oxygen atoms in total. The minimum absolute atomic E-state index is 0.0956. The summed E-state index contributed by atoms with van der Waals surface area (Å²) in [6.07, 6.45) is 3.30. The van der Waals surface area contributed by atoms with Gasteiger partial charge in [0.1, 0.15) is 13.2 Å². The number of aliphatic hydroxyl groups excluding tert-OH is 1. The Hall–Kier alpha value is -2.74. The number of halogens is 1. The summed E-state index contributed by atoms with van der Waals surface area (Å²) in [7, 11) is 0. The topological polar surface area (TPSA) is 90.0 Å². The number of aliphatic hydroxyl groups is 1. The highest BCUT2D eigenvalue weighted by atomic mass is 35.5. The molecule has 188 valence electrons. The smallest absolute Gasteiger partial charge is 0.250 e. The van der Waals surface area contributed by atoms with Crippen LogP contribution in [-0.4, -0.2) is 58.4 Å². The Balaban J connectivity index is 1.58. The largest absolute Gasteiger partial charge is 0.488 e. The average molecular weight is 500 g/mol. The molecular formula is C27H34ClN3O4. The Morgan fingerprint density at radius 2 is 2.00 bits per heavy atom. The maximum Gasteiger partial charge on any atom is 0.250 e. The quantitative estimate of drug-likeness (QED) is 0.507. The molecule has 35 heavy (non-hydrogen) atoms. The van der Waals surface area contributed by atoms with Crippen molar-refractivity contribution >= 4 is 28.4 Å². The van der Waals surface area contributed by atoms with Crippen molar-refractivity contribution in [1.82, 2.24) is 9.47 Å². The summed E-state index contributed by atoms with van der Waals surface area (Å²) in [5, 5.41) is 10.8. The lowest BCUT2D eigenvalue weighted by Crippen LogP contribution is -2.54. The van der Waals surface area contributed by atoms with Gasteiger partial charge in [-0.1, -0.05) is 11.6 Å². The number of primary amides is 1. The molecule has 0 bridgehead atoms. The monoisotopic (exact) mass is 499 g/mol. The molecule has 2 aromatic carbocycles. The molecule has 1 aliphatic heterocycles. The van der Waals surface area contributed by atoms with Crippen molar-refractivity contribution in [1.29, 1.82) is 0 Å². The number of nitrogens with zero attached hydrogens (tertiary/aromatic N) is 2. The van der Waals surface area contributed by atoms with Gasteiger partial charge in [0.25, 0.3) is 5.91 Å². The molecule has 0 radical (unpaired) electrons. The number of fused-ring (bicyclic) bond motifs is 2. The third kappa shape index (κ3) is 5.58. The molecule has 0 fully saturated rings. The molecule has 1 atom stereocenters. The first kappa shape index (κ1) is 25.4. The third-order valence-corrected chi connectivity index (χ3v) is 6.90. The van der Waals surface area contributed by atoms with Crippen LogP contribution >= 0.6 is 11.6 Å². The lowest BCUT2D eigenvalue weighted by molar-refractivity contribution is 0.0332. The highest BCUT2D eigenvalue weighted by Crippen LogP contribution is 2.33. The van der Waals surface area contributed by atoms with Crippen molar-refractivity contribution in [2.75, 3.05) is 26.4 Å². The number of rotatable bonds is 7. The molecular weight excluding hydrogens is 466 g/mol. The van der Waals surface area contributed by atoms with Crippen LogP contribution < -0.4 is 15.2 Å². The number of aryl methyl sites for hydroxylation is 1. The van der Waals surface area contributed by atoms with E-state index in [-0.39, 0.29) is 18.2 Å². The zero-order valence-corrected chi connectivity index (χ0v) is 21.3. The predicted octanol–water partition coefficient (Wildman–Crippen LogP) is 4.26. The Morgan fingerprint density at radius 3 is 2.74 bits per heavy atom. The van der Waals surface area contributed by atoms with Gasteiger partial charge >= 0.3 is 0 Å². The summed E-state index contributed by atoms with van der Waals surface area (Å²) in [6, 6.07) is 11.6. The van der Waals surface area contributed by atoms with E-state index in [0.29, 0.717) is 48.3 Å². The van der Waals surface area contributed by atoms with Gasteiger partial charge in [0.2, 0.25) is 0 Å². The SMILES string of the molecule is C[C@H](Cc1cc(C(N)=O)c2c(ccn2CCCO)c1)N1CCOc2ccc(Cl)cc2OCC1(C)C. The molecule has 0 aliphatic carbocycles. The van der Waals surface area contributed by atoms with E-state index in [4.69, 9.17) is 26.8 Å². The van der Waals surface area contributed by atoms with Crippen LogP contribution in [0.15, 0.2) is 42.6 Å². The maximum atomic E-state index is 12.3. The maximum absolute atomic E-state index is 12.3. The Morgan fingerprint density at radius 1 is 1.20 bits per heavy atom. The summed E-state index contributed by atoms with van der Waals surface area (Å²) >= 11 is 6.16. The molecule has 0 saturated carbocycles. The number of benzene rings is 2. The lowest BCUT2D eigenvalue weighted by Gasteiger charge is -2.41. The molecule has 0 saturated heterocycles. The molecule has 3 aromatic rings. The third-order valence-electron chi connectivity index (χ3n) is 6.66. The first-order valence-corrected chi connectivity index (χ1v) is 12.4. The number of carbonyl (C=O) groups excluding carboxylic acids is 1. The molecule has 1 aliphatic rings. The van der Waals surface area contributed by atoms with E-state index in [2.05, 4.69) is 31.7 Å². The number of hydrogen-bond donors (Lipinski definition) is 2. The van der Waals surface area contributed by atoms with E-state index in [0.717, 1.165) is 29.4 Å². The molecule has 1 amide bonds. The van der Waals surface area contributed by atoms with Gasteiger partial charge in [-0.15, -0.1) is 0 Å². The zero-order chi connectivity index (χ0) is 25.2. The van der Waals surface area contributed by atoms with Gasteiger partial charge < -0.3 is 24.9 Å². The van der Waals surface area contributed by atoms with Crippen LogP contribution in [-0.2, 0) is 13.0 Å². The summed E-state index contributed by atoms with van der Waals surface area (Å²) in [5.74, 6) is 0.902. The second-order valence-corrected chi connectivity index (χ2v) is 10.3. The fourth-order valence-corrected chi connectivity index (χ4v) is 5.18. The number of nitrogens with two attached hydrogens (primary N) is 1. The fourth-order valence-electron chi connectivity index (χ4n) is 5.02. The van der Waals surface area contributed by atoms with Crippen molar-refractivity contribution < 1.29 is 19.4 Å². The summed E-state index contributed by atoms with van der Waals surface area (Å²) in [5.41, 5.74) is 7.89. The Labute approximate surface area is 211 Å². The molecule has 3 N–H and O–H groups in total. The predicted molar refractivity (Wildman–Crippen MR) is 139 cm³/mol. The van der Waals surface area contributed by atoms with Crippen molar-refractivity contribution in [3.63, 3.8) is 0 Å². The zero-order valence-electron chi connectivity index (χ0n) is 20.6. The van der Waals surface area contributed by atoms with E-state index in [1.165, 1.54) is 0 Å². The first-order valence-electron chi connectivity index (χ1n) is 12.0. The van der Waals surface area contributed by atoms with Crippen LogP contribution in [0.5, 0.6) is 11.5 Å². The fraction of sp³-hybridized carbons (Fsp3) is 0.444. The van der Waals surface area contributed by atoms with Crippen molar-refractivity contribution in [2.45, 2.75) is 51.7 Å². The van der Waals surface area contributed by atoms with Gasteiger partial charge in [0, 0.05) is 53.9 Å². The summed E-state index contributed by atoms with van der Waals surface area (Å²) in [6.45, 7) is 8.96. The lowest BCUT2D eigenvalue weighted by atomic mass is 9.96. The van der Waals surface area contributed by atoms with Gasteiger partial charge in [-0.3, -0.25) is 9.69 Å². The van der Waals surface area contributed by atoms with Crippen LogP contribution in [0.4, 0.5) is 0 Å². The van der Waals surface area contributed by atoms with Gasteiger partial charge in [0.05, 0.1) is 11.1 Å². The number of carbonyl (C=O) groups is 1. The highest BCUT2D eigenvalue weighted by molar-refractivity contribution is 6.30. The van der Waals surface area contributed by atoms with Crippen molar-refractivity contribution in [3.8, 4) is 11.5 Å². The Kier molecular flexibility index (Phi) is 7.59. The van der Waals surface area contributed by atoms with Crippen LogP contribution in [0.1, 0.15) is 43.1 Å². The number of hydrogen-bond acceptors (Lipinski definition) is 5. The summed E-state index contributed by atoms with van der Waals surface area (Å²) in [4.78, 5) is 14.7. The number of ether oxygens (including phenoxy) is 2. The van der Waals surface area contributed by atoms with Crippen LogP contribution in [0, 0.1) is 0 Å². The van der Waals surface area contributed by atoms with E-state index in [9.17, 15) is 9.90 Å². The molecule has 0 unspecified atom stereocenters. The highest BCUT2D eigenvalue weighted by Gasteiger charge is 2.33. The normalized spacial score (nSPS) is 16.9. The minimum atomic E-state index is -0.449. The number of aromatic nitrogens is 1. The van der Waals surface area contributed by atoms with Gasteiger partial charge in [-0.05, 0) is 69.5 Å². The Bertz CT molecular complexity index is 1210. The van der Waals surface area contributed by atoms with Crippen molar-refractivity contribution in [3.05, 3.63) is 58.7 Å². The minimum Gasteiger partial charge on any atom is -0.488 e. The molecule has 1 aromatic heterocycles. The van der Waals surface area contributed by atoms with E-state index >= 15 is 0 Å². The van der Waals surface area contributed by atoms with E-state index in [1.54, 1.807) is 12.1 Å². The molecule has 4 rings (SSSR count). The van der Waals surface area contributed by atoms with Crippen molar-refractivity contribution in [2.24, 2.45) is 5.73 Å². The van der Waals surface area contributed by atoms with Crippen LogP contribution in [0.25, 0.3) is 10.9 Å². The molecule has 0 spiro atoms. The molecule has 8 heteroatoms. The number of amides is 1. The van der Waals surface area contributed by atoms with Crippen LogP contribution in [0.3, 0.4) is 0 Å².